The molecule has 3 aromatic rings. The normalized spacial score (nSPS) is 10.7. The third-order valence-electron chi connectivity index (χ3n) is 4.33. The average molecular weight is 383 g/mol. The Balaban J connectivity index is 1.87. The van der Waals surface area contributed by atoms with E-state index < -0.39 is 17.6 Å². The Kier molecular flexibility index (Phi) is 6.01. The van der Waals surface area contributed by atoms with E-state index >= 15 is 0 Å². The van der Waals surface area contributed by atoms with Gasteiger partial charge in [0.2, 0.25) is 0 Å². The van der Waals surface area contributed by atoms with Gasteiger partial charge in [0.1, 0.15) is 24.0 Å². The summed E-state index contributed by atoms with van der Waals surface area (Å²) in [6.07, 6.45) is -0.165. The third-order valence-corrected chi connectivity index (χ3v) is 4.33. The quantitative estimate of drug-likeness (QED) is 0.638. The van der Waals surface area contributed by atoms with Gasteiger partial charge in [-0.3, -0.25) is 4.79 Å². The van der Waals surface area contributed by atoms with Gasteiger partial charge in [0, 0.05) is 28.8 Å². The number of rotatable bonds is 7. The molecule has 0 bridgehead atoms. The Morgan fingerprint density at radius 2 is 1.71 bits per heavy atom. The predicted octanol–water partition coefficient (Wildman–Crippen LogP) is 4.30. The topological polar surface area (TPSA) is 72.5 Å². The number of nitrogens with two attached hydrogens (primary N) is 1. The smallest absolute Gasteiger partial charge is 0.307 e. The van der Waals surface area contributed by atoms with Crippen molar-refractivity contribution < 1.29 is 23.4 Å². The van der Waals surface area contributed by atoms with Crippen molar-refractivity contribution in [3.8, 4) is 16.9 Å². The van der Waals surface area contributed by atoms with E-state index in [-0.39, 0.29) is 30.7 Å². The van der Waals surface area contributed by atoms with Crippen LogP contribution >= 0.6 is 0 Å². The number of benzene rings is 3. The first kappa shape index (κ1) is 19.5. The molecule has 0 unspecified atom stereocenters. The van der Waals surface area contributed by atoms with E-state index in [0.29, 0.717) is 22.4 Å². The lowest BCUT2D eigenvalue weighted by molar-refractivity contribution is -0.136. The molecular formula is C22H19F2NO3. The van der Waals surface area contributed by atoms with Crippen LogP contribution in [0.1, 0.15) is 16.7 Å². The van der Waals surface area contributed by atoms with Crippen molar-refractivity contribution in [2.24, 2.45) is 5.73 Å². The second-order valence-electron chi connectivity index (χ2n) is 6.26. The molecule has 0 saturated heterocycles. The van der Waals surface area contributed by atoms with Crippen molar-refractivity contribution in [2.45, 2.75) is 19.6 Å². The molecule has 3 aromatic carbocycles. The highest BCUT2D eigenvalue weighted by Gasteiger charge is 2.14. The van der Waals surface area contributed by atoms with Crippen LogP contribution in [0.25, 0.3) is 11.1 Å². The maximum atomic E-state index is 14.6. The van der Waals surface area contributed by atoms with Gasteiger partial charge in [-0.05, 0) is 23.8 Å². The fourth-order valence-corrected chi connectivity index (χ4v) is 2.93. The summed E-state index contributed by atoms with van der Waals surface area (Å²) in [6, 6.07) is 15.8. The summed E-state index contributed by atoms with van der Waals surface area (Å²) in [4.78, 5) is 11.0. The predicted molar refractivity (Wildman–Crippen MR) is 102 cm³/mol. The monoisotopic (exact) mass is 383 g/mol. The minimum absolute atomic E-state index is 0.0183. The minimum atomic E-state index is -0.963. The number of ether oxygens (including phenoxy) is 1. The van der Waals surface area contributed by atoms with E-state index in [1.165, 1.54) is 18.2 Å². The Morgan fingerprint density at radius 3 is 2.46 bits per heavy atom. The van der Waals surface area contributed by atoms with Gasteiger partial charge in [-0.25, -0.2) is 8.78 Å². The number of hydrogen-bond donors (Lipinski definition) is 2. The van der Waals surface area contributed by atoms with Crippen LogP contribution in [0.15, 0.2) is 60.7 Å². The standard InChI is InChI=1S/C22H19F2NO3/c23-19-9-8-14(10-18(19)17-6-3-5-16(12-25)22(17)24)13-28-20-7-2-1-4-15(20)11-21(26)27/h1-10H,11-13,25H2,(H,26,27). The van der Waals surface area contributed by atoms with E-state index in [2.05, 4.69) is 0 Å². The number of halogens is 2. The van der Waals surface area contributed by atoms with Crippen LogP contribution in [0.2, 0.25) is 0 Å². The molecule has 0 aliphatic rings. The number of carboxylic acid groups (broad SMARTS) is 1. The lowest BCUT2D eigenvalue weighted by Gasteiger charge is -2.13. The first-order valence-corrected chi connectivity index (χ1v) is 8.68. The van der Waals surface area contributed by atoms with E-state index in [4.69, 9.17) is 15.6 Å². The molecule has 0 heterocycles. The van der Waals surface area contributed by atoms with E-state index in [0.717, 1.165) is 0 Å². The lowest BCUT2D eigenvalue weighted by Crippen LogP contribution is -2.04. The summed E-state index contributed by atoms with van der Waals surface area (Å²) in [5.74, 6) is -1.63. The summed E-state index contributed by atoms with van der Waals surface area (Å²) in [7, 11) is 0. The van der Waals surface area contributed by atoms with Gasteiger partial charge in [0.15, 0.2) is 0 Å². The molecular weight excluding hydrogens is 364 g/mol. The maximum Gasteiger partial charge on any atom is 0.307 e. The second kappa shape index (κ2) is 8.63. The van der Waals surface area contributed by atoms with Crippen molar-refractivity contribution in [3.05, 3.63) is 89.0 Å². The van der Waals surface area contributed by atoms with Crippen LogP contribution in [0.5, 0.6) is 5.75 Å². The molecule has 3 rings (SSSR count). The van der Waals surface area contributed by atoms with Crippen LogP contribution in [-0.2, 0) is 24.4 Å². The molecule has 6 heteroatoms. The molecule has 0 atom stereocenters. The molecule has 4 nitrogen and oxygen atoms in total. The summed E-state index contributed by atoms with van der Waals surface area (Å²) >= 11 is 0. The first-order chi connectivity index (χ1) is 13.5. The van der Waals surface area contributed by atoms with Crippen molar-refractivity contribution in [1.82, 2.24) is 0 Å². The first-order valence-electron chi connectivity index (χ1n) is 8.68. The fraction of sp³-hybridized carbons (Fsp3) is 0.136. The highest BCUT2D eigenvalue weighted by molar-refractivity contribution is 5.71. The molecule has 0 aliphatic heterocycles. The second-order valence-corrected chi connectivity index (χ2v) is 6.26. The van der Waals surface area contributed by atoms with Gasteiger partial charge in [-0.15, -0.1) is 0 Å². The van der Waals surface area contributed by atoms with Gasteiger partial charge < -0.3 is 15.6 Å². The molecule has 3 N–H and O–H groups in total. The van der Waals surface area contributed by atoms with Crippen molar-refractivity contribution in [1.29, 1.82) is 0 Å². The zero-order valence-corrected chi connectivity index (χ0v) is 15.0. The van der Waals surface area contributed by atoms with Crippen LogP contribution < -0.4 is 10.5 Å². The van der Waals surface area contributed by atoms with E-state index in [1.54, 1.807) is 42.5 Å². The fourth-order valence-electron chi connectivity index (χ4n) is 2.93. The molecule has 0 amide bonds. The Bertz CT molecular complexity index is 1000. The van der Waals surface area contributed by atoms with Crippen molar-refractivity contribution in [2.75, 3.05) is 0 Å². The summed E-state index contributed by atoms with van der Waals surface area (Å²) < 4.78 is 34.6. The molecule has 28 heavy (non-hydrogen) atoms. The zero-order valence-electron chi connectivity index (χ0n) is 15.0. The van der Waals surface area contributed by atoms with Crippen LogP contribution in [0.4, 0.5) is 8.78 Å². The van der Waals surface area contributed by atoms with Crippen molar-refractivity contribution in [3.63, 3.8) is 0 Å². The van der Waals surface area contributed by atoms with E-state index in [1.807, 2.05) is 0 Å². The van der Waals surface area contributed by atoms with Gasteiger partial charge in [0.25, 0.3) is 0 Å². The van der Waals surface area contributed by atoms with Crippen LogP contribution in [0.3, 0.4) is 0 Å². The SMILES string of the molecule is NCc1cccc(-c2cc(COc3ccccc3CC(=O)O)ccc2F)c1F. The number of para-hydroxylation sites is 1. The highest BCUT2D eigenvalue weighted by atomic mass is 19.1. The zero-order chi connectivity index (χ0) is 20.1. The van der Waals surface area contributed by atoms with Gasteiger partial charge in [-0.1, -0.05) is 42.5 Å². The lowest BCUT2D eigenvalue weighted by atomic mass is 9.99. The summed E-state index contributed by atoms with van der Waals surface area (Å²) in [6.45, 7) is 0.104. The molecule has 0 aliphatic carbocycles. The Morgan fingerprint density at radius 1 is 0.964 bits per heavy atom. The summed E-state index contributed by atoms with van der Waals surface area (Å²) in [5, 5.41) is 9.00. The molecule has 0 fully saturated rings. The largest absolute Gasteiger partial charge is 0.489 e. The number of carbonyl (C=O) groups is 1. The summed E-state index contributed by atoms with van der Waals surface area (Å²) in [5.41, 5.74) is 7.25. The molecule has 0 aromatic heterocycles. The molecule has 0 spiro atoms. The van der Waals surface area contributed by atoms with Crippen LogP contribution in [-0.4, -0.2) is 11.1 Å². The average Bonchev–Trinajstić information content (AvgIpc) is 2.68. The molecule has 0 saturated carbocycles. The van der Waals surface area contributed by atoms with Gasteiger partial charge >= 0.3 is 5.97 Å². The van der Waals surface area contributed by atoms with Gasteiger partial charge in [-0.2, -0.15) is 0 Å². The number of hydrogen-bond acceptors (Lipinski definition) is 3. The van der Waals surface area contributed by atoms with Crippen molar-refractivity contribution >= 4 is 5.97 Å². The minimum Gasteiger partial charge on any atom is -0.489 e. The molecule has 144 valence electrons. The van der Waals surface area contributed by atoms with Gasteiger partial charge in [0.05, 0.1) is 6.42 Å². The highest BCUT2D eigenvalue weighted by Crippen LogP contribution is 2.29. The number of carboxylic acids is 1. The Hall–Kier alpha value is -3.25. The third kappa shape index (κ3) is 4.35. The van der Waals surface area contributed by atoms with Crippen LogP contribution in [0, 0.1) is 11.6 Å². The molecule has 0 radical (unpaired) electrons. The maximum absolute atomic E-state index is 14.6. The van der Waals surface area contributed by atoms with E-state index in [9.17, 15) is 13.6 Å². The Labute approximate surface area is 161 Å². The number of aliphatic carboxylic acids is 1.